The SMILES string of the molecule is CC(C)(C)OC(=O)CBr.CCCOCCO.CCCOCCOCC(=O)OC(C)(C)C. The van der Waals surface area contributed by atoms with Gasteiger partial charge in [-0.15, -0.1) is 0 Å². The van der Waals surface area contributed by atoms with Gasteiger partial charge in [0.2, 0.25) is 0 Å². The zero-order chi connectivity index (χ0) is 24.8. The molecule has 0 rings (SSSR count). The lowest BCUT2D eigenvalue weighted by molar-refractivity contribution is -0.160. The van der Waals surface area contributed by atoms with Crippen molar-refractivity contribution in [2.45, 2.75) is 79.4 Å². The fourth-order valence-electron chi connectivity index (χ4n) is 1.57. The van der Waals surface area contributed by atoms with E-state index in [0.717, 1.165) is 26.1 Å². The van der Waals surface area contributed by atoms with Crippen LogP contribution in [-0.2, 0) is 33.3 Å². The molecule has 0 aliphatic carbocycles. The van der Waals surface area contributed by atoms with Crippen LogP contribution in [0.3, 0.4) is 0 Å². The average Bonchev–Trinajstić information content (AvgIpc) is 2.63. The first-order chi connectivity index (χ1) is 14.3. The van der Waals surface area contributed by atoms with Gasteiger partial charge >= 0.3 is 11.9 Å². The molecule has 8 nitrogen and oxygen atoms in total. The number of alkyl halides is 1. The van der Waals surface area contributed by atoms with Crippen LogP contribution in [0.25, 0.3) is 0 Å². The van der Waals surface area contributed by atoms with E-state index in [4.69, 9.17) is 28.8 Å². The Labute approximate surface area is 197 Å². The molecule has 0 radical (unpaired) electrons. The largest absolute Gasteiger partial charge is 0.459 e. The van der Waals surface area contributed by atoms with Gasteiger partial charge in [-0.25, -0.2) is 4.79 Å². The van der Waals surface area contributed by atoms with Crippen molar-refractivity contribution in [2.75, 3.05) is 51.6 Å². The number of aliphatic hydroxyl groups excluding tert-OH is 1. The maximum Gasteiger partial charge on any atom is 0.332 e. The number of hydrogen-bond donors (Lipinski definition) is 1. The molecule has 0 amide bonds. The zero-order valence-electron chi connectivity index (χ0n) is 20.8. The standard InChI is InChI=1S/C11H22O4.C6H11BrO2.C5H12O2/c1-5-6-13-7-8-14-9-10(12)15-11(2,3)4;1-6(2,3)9-5(8)4-7;1-2-4-7-5-3-6/h5-9H2,1-4H3;4H2,1-3H3;6H,2-5H2,1H3. The molecule has 0 heterocycles. The van der Waals surface area contributed by atoms with E-state index in [1.807, 2.05) is 55.4 Å². The molecule has 0 aromatic carbocycles. The number of carbonyl (C=O) groups is 2. The Morgan fingerprint density at radius 2 is 1.13 bits per heavy atom. The molecule has 0 aromatic heterocycles. The minimum Gasteiger partial charge on any atom is -0.459 e. The van der Waals surface area contributed by atoms with Crippen LogP contribution < -0.4 is 0 Å². The van der Waals surface area contributed by atoms with Crippen LogP contribution >= 0.6 is 15.9 Å². The van der Waals surface area contributed by atoms with E-state index in [1.54, 1.807) is 0 Å². The summed E-state index contributed by atoms with van der Waals surface area (Å²) in [6, 6.07) is 0. The van der Waals surface area contributed by atoms with Crippen LogP contribution in [0.4, 0.5) is 0 Å². The lowest BCUT2D eigenvalue weighted by Gasteiger charge is -2.19. The summed E-state index contributed by atoms with van der Waals surface area (Å²) in [5.41, 5.74) is -0.802. The number of hydrogen-bond acceptors (Lipinski definition) is 8. The molecule has 0 saturated carbocycles. The molecule has 0 spiro atoms. The molecule has 0 aliphatic heterocycles. The summed E-state index contributed by atoms with van der Waals surface area (Å²) in [6.07, 6.45) is 2.02. The number of carbonyl (C=O) groups excluding carboxylic acids is 2. The van der Waals surface area contributed by atoms with Crippen molar-refractivity contribution < 1.29 is 38.4 Å². The molecular weight excluding hydrogens is 472 g/mol. The Kier molecular flexibility index (Phi) is 25.3. The highest BCUT2D eigenvalue weighted by Gasteiger charge is 2.16. The first kappa shape index (κ1) is 34.9. The van der Waals surface area contributed by atoms with E-state index in [-0.39, 0.29) is 36.1 Å². The predicted molar refractivity (Wildman–Crippen MR) is 126 cm³/mol. The van der Waals surface area contributed by atoms with E-state index >= 15 is 0 Å². The second-order valence-electron chi connectivity index (χ2n) is 8.31. The third-order valence-electron chi connectivity index (χ3n) is 2.47. The van der Waals surface area contributed by atoms with E-state index in [9.17, 15) is 9.59 Å². The molecule has 0 fully saturated rings. The van der Waals surface area contributed by atoms with Gasteiger partial charge in [-0.05, 0) is 54.4 Å². The highest BCUT2D eigenvalue weighted by molar-refractivity contribution is 9.09. The summed E-state index contributed by atoms with van der Waals surface area (Å²) in [4.78, 5) is 21.7. The Balaban J connectivity index is -0.000000417. The van der Waals surface area contributed by atoms with Crippen molar-refractivity contribution in [2.24, 2.45) is 0 Å². The summed E-state index contributed by atoms with van der Waals surface area (Å²) in [7, 11) is 0. The van der Waals surface area contributed by atoms with E-state index < -0.39 is 5.60 Å². The summed E-state index contributed by atoms with van der Waals surface area (Å²) in [5.74, 6) is -0.555. The normalized spacial score (nSPS) is 10.9. The number of halogens is 1. The van der Waals surface area contributed by atoms with Crippen LogP contribution in [0.5, 0.6) is 0 Å². The monoisotopic (exact) mass is 516 g/mol. The van der Waals surface area contributed by atoms with Crippen molar-refractivity contribution >= 4 is 27.9 Å². The third kappa shape index (κ3) is 40.2. The van der Waals surface area contributed by atoms with Crippen molar-refractivity contribution in [1.29, 1.82) is 0 Å². The predicted octanol–water partition coefficient (Wildman–Crippen LogP) is 3.90. The van der Waals surface area contributed by atoms with Crippen molar-refractivity contribution in [3.05, 3.63) is 0 Å². The summed E-state index contributed by atoms with van der Waals surface area (Å²) >= 11 is 2.99. The van der Waals surface area contributed by atoms with E-state index in [2.05, 4.69) is 15.9 Å². The average molecular weight is 517 g/mol. The first-order valence-electron chi connectivity index (χ1n) is 10.7. The van der Waals surface area contributed by atoms with Gasteiger partial charge in [0.15, 0.2) is 0 Å². The van der Waals surface area contributed by atoms with Crippen LogP contribution in [0.15, 0.2) is 0 Å². The van der Waals surface area contributed by atoms with Gasteiger partial charge in [0, 0.05) is 13.2 Å². The van der Waals surface area contributed by atoms with Crippen molar-refractivity contribution in [1.82, 2.24) is 0 Å². The van der Waals surface area contributed by atoms with Gasteiger partial charge in [-0.3, -0.25) is 4.79 Å². The van der Waals surface area contributed by atoms with Gasteiger partial charge in [-0.1, -0.05) is 29.8 Å². The summed E-state index contributed by atoms with van der Waals surface area (Å²) < 4.78 is 25.1. The number of aliphatic hydroxyl groups is 1. The van der Waals surface area contributed by atoms with Gasteiger partial charge in [-0.2, -0.15) is 0 Å². The molecule has 0 aliphatic rings. The van der Waals surface area contributed by atoms with Crippen LogP contribution in [0, 0.1) is 0 Å². The summed E-state index contributed by atoms with van der Waals surface area (Å²) in [6.45, 7) is 18.2. The minimum atomic E-state index is -0.445. The fraction of sp³-hybridized carbons (Fsp3) is 0.909. The van der Waals surface area contributed by atoms with Crippen LogP contribution in [0.2, 0.25) is 0 Å². The second-order valence-corrected chi connectivity index (χ2v) is 8.87. The minimum absolute atomic E-state index is 0.00719. The van der Waals surface area contributed by atoms with Crippen LogP contribution in [0.1, 0.15) is 68.2 Å². The molecule has 0 aromatic rings. The van der Waals surface area contributed by atoms with Gasteiger partial charge < -0.3 is 28.8 Å². The highest BCUT2D eigenvalue weighted by Crippen LogP contribution is 2.07. The molecule has 188 valence electrons. The Morgan fingerprint density at radius 1 is 0.710 bits per heavy atom. The molecule has 0 unspecified atom stereocenters. The van der Waals surface area contributed by atoms with Gasteiger partial charge in [0.05, 0.1) is 26.4 Å². The highest BCUT2D eigenvalue weighted by atomic mass is 79.9. The fourth-order valence-corrected chi connectivity index (χ4v) is 1.68. The molecular formula is C22H45BrO8. The number of ether oxygens (including phenoxy) is 5. The lowest BCUT2D eigenvalue weighted by atomic mass is 10.2. The summed E-state index contributed by atoms with van der Waals surface area (Å²) in [5, 5.41) is 8.44. The Bertz CT molecular complexity index is 413. The second kappa shape index (κ2) is 22.5. The maximum atomic E-state index is 11.2. The van der Waals surface area contributed by atoms with Gasteiger partial charge in [0.25, 0.3) is 0 Å². The molecule has 31 heavy (non-hydrogen) atoms. The van der Waals surface area contributed by atoms with E-state index in [0.29, 0.717) is 19.8 Å². The van der Waals surface area contributed by atoms with Gasteiger partial charge in [0.1, 0.15) is 23.1 Å². The smallest absolute Gasteiger partial charge is 0.332 e. The molecule has 0 bridgehead atoms. The topological polar surface area (TPSA) is 101 Å². The van der Waals surface area contributed by atoms with Crippen molar-refractivity contribution in [3.63, 3.8) is 0 Å². The van der Waals surface area contributed by atoms with E-state index in [1.165, 1.54) is 0 Å². The molecule has 1 N–H and O–H groups in total. The first-order valence-corrected chi connectivity index (χ1v) is 11.8. The molecule has 0 atom stereocenters. The van der Waals surface area contributed by atoms with Crippen LogP contribution in [-0.4, -0.2) is 79.8 Å². The third-order valence-corrected chi connectivity index (χ3v) is 2.93. The Morgan fingerprint density at radius 3 is 1.48 bits per heavy atom. The quantitative estimate of drug-likeness (QED) is 0.236. The Hall–Kier alpha value is -0.740. The molecule has 9 heteroatoms. The number of rotatable bonds is 12. The molecule has 0 saturated heterocycles. The zero-order valence-corrected chi connectivity index (χ0v) is 22.3. The van der Waals surface area contributed by atoms with Crippen molar-refractivity contribution in [3.8, 4) is 0 Å². The lowest BCUT2D eigenvalue weighted by Crippen LogP contribution is -2.27. The maximum absolute atomic E-state index is 11.2. The number of esters is 2.